The van der Waals surface area contributed by atoms with Gasteiger partial charge >= 0.3 is 6.18 Å². The smallest absolute Gasteiger partial charge is 0.379 e. The molecule has 1 saturated heterocycles. The molecule has 1 aromatic heterocycles. The van der Waals surface area contributed by atoms with E-state index in [1.807, 2.05) is 22.4 Å². The van der Waals surface area contributed by atoms with Crippen molar-refractivity contribution in [1.82, 2.24) is 14.1 Å². The van der Waals surface area contributed by atoms with E-state index in [0.717, 1.165) is 27.4 Å². The lowest BCUT2D eigenvalue weighted by atomic mass is 10.2. The minimum atomic E-state index is -4.73. The molecular formula is C27H29F4N3O4S2. The SMILES string of the molecule is O=C(CN(CCN1CCOCC1)S(=O)(=O)c1cccc(C(F)(F)F)c1)N(Cc1ccc(F)cc1)Cc1cccs1. The van der Waals surface area contributed by atoms with Gasteiger partial charge in [0.15, 0.2) is 0 Å². The van der Waals surface area contributed by atoms with Crippen molar-refractivity contribution in [2.45, 2.75) is 24.2 Å². The minimum absolute atomic E-state index is 0.0952. The number of amides is 1. The second-order valence-corrected chi connectivity index (χ2v) is 12.2. The zero-order valence-corrected chi connectivity index (χ0v) is 23.2. The van der Waals surface area contributed by atoms with Crippen molar-refractivity contribution in [2.75, 3.05) is 45.9 Å². The summed E-state index contributed by atoms with van der Waals surface area (Å²) in [6, 6.07) is 12.8. The highest BCUT2D eigenvalue weighted by molar-refractivity contribution is 7.89. The fraction of sp³-hybridized carbons (Fsp3) is 0.370. The van der Waals surface area contributed by atoms with E-state index in [0.29, 0.717) is 37.9 Å². The summed E-state index contributed by atoms with van der Waals surface area (Å²) in [4.78, 5) is 17.4. The Morgan fingerprint density at radius 2 is 1.73 bits per heavy atom. The van der Waals surface area contributed by atoms with E-state index >= 15 is 0 Å². The van der Waals surface area contributed by atoms with Gasteiger partial charge in [-0.3, -0.25) is 9.69 Å². The molecule has 0 aliphatic carbocycles. The number of ether oxygens (including phenoxy) is 1. The Kier molecular flexibility index (Phi) is 9.95. The van der Waals surface area contributed by atoms with Crippen molar-refractivity contribution >= 4 is 27.3 Å². The molecule has 2 heterocycles. The molecule has 0 N–H and O–H groups in total. The molecule has 0 spiro atoms. The second-order valence-electron chi connectivity index (χ2n) is 9.27. The van der Waals surface area contributed by atoms with Crippen LogP contribution in [0.25, 0.3) is 0 Å². The fourth-order valence-electron chi connectivity index (χ4n) is 4.23. The van der Waals surface area contributed by atoms with E-state index in [1.165, 1.54) is 28.4 Å². The molecule has 1 fully saturated rings. The first kappa shape index (κ1) is 30.1. The zero-order chi connectivity index (χ0) is 28.8. The highest BCUT2D eigenvalue weighted by atomic mass is 32.2. The van der Waals surface area contributed by atoms with Gasteiger partial charge in [-0.05, 0) is 47.3 Å². The molecular weight excluding hydrogens is 570 g/mol. The number of carbonyl (C=O) groups excluding carboxylic acids is 1. The number of rotatable bonds is 11. The first-order valence-corrected chi connectivity index (χ1v) is 14.9. The van der Waals surface area contributed by atoms with Crippen LogP contribution < -0.4 is 0 Å². The van der Waals surface area contributed by atoms with Crippen LogP contribution in [0.1, 0.15) is 16.0 Å². The summed E-state index contributed by atoms with van der Waals surface area (Å²) >= 11 is 1.43. The number of nitrogens with zero attached hydrogens (tertiary/aromatic N) is 3. The maximum Gasteiger partial charge on any atom is 0.416 e. The van der Waals surface area contributed by atoms with Crippen molar-refractivity contribution < 1.29 is 35.5 Å². The van der Waals surface area contributed by atoms with Gasteiger partial charge in [-0.25, -0.2) is 12.8 Å². The van der Waals surface area contributed by atoms with Crippen molar-refractivity contribution in [3.05, 3.63) is 87.9 Å². The largest absolute Gasteiger partial charge is 0.416 e. The second kappa shape index (κ2) is 13.2. The van der Waals surface area contributed by atoms with Gasteiger partial charge in [0, 0.05) is 37.6 Å². The number of sulfonamides is 1. The van der Waals surface area contributed by atoms with E-state index < -0.39 is 44.9 Å². The number of hydrogen-bond acceptors (Lipinski definition) is 6. The Bertz CT molecular complexity index is 1360. The fourth-order valence-corrected chi connectivity index (χ4v) is 6.37. The van der Waals surface area contributed by atoms with Crippen molar-refractivity contribution in [1.29, 1.82) is 0 Å². The molecule has 13 heteroatoms. The molecule has 2 aromatic carbocycles. The summed E-state index contributed by atoms with van der Waals surface area (Å²) in [5, 5.41) is 1.85. The van der Waals surface area contributed by atoms with Crippen LogP contribution in [0.2, 0.25) is 0 Å². The van der Waals surface area contributed by atoms with Gasteiger partial charge in [0.2, 0.25) is 15.9 Å². The molecule has 0 saturated carbocycles. The van der Waals surface area contributed by atoms with Gasteiger partial charge in [-0.1, -0.05) is 24.3 Å². The van der Waals surface area contributed by atoms with Crippen LogP contribution in [0.3, 0.4) is 0 Å². The van der Waals surface area contributed by atoms with Crippen LogP contribution in [-0.2, 0) is 38.8 Å². The van der Waals surface area contributed by atoms with Crippen molar-refractivity contribution in [3.8, 4) is 0 Å². The van der Waals surface area contributed by atoms with E-state index in [2.05, 4.69) is 0 Å². The Hall–Kier alpha value is -2.84. The van der Waals surface area contributed by atoms with Gasteiger partial charge in [0.05, 0.1) is 36.8 Å². The Labute approximate surface area is 234 Å². The van der Waals surface area contributed by atoms with Gasteiger partial charge < -0.3 is 9.64 Å². The molecule has 1 aliphatic rings. The van der Waals surface area contributed by atoms with Crippen LogP contribution in [0, 0.1) is 5.82 Å². The first-order chi connectivity index (χ1) is 19.0. The summed E-state index contributed by atoms with van der Waals surface area (Å²) in [5.41, 5.74) is -0.449. The van der Waals surface area contributed by atoms with Crippen LogP contribution in [0.5, 0.6) is 0 Å². The maximum atomic E-state index is 13.7. The predicted molar refractivity (Wildman–Crippen MR) is 142 cm³/mol. The summed E-state index contributed by atoms with van der Waals surface area (Å²) in [5.74, 6) is -0.961. The van der Waals surface area contributed by atoms with Gasteiger partial charge in [0.25, 0.3) is 0 Å². The van der Waals surface area contributed by atoms with Crippen LogP contribution in [-0.4, -0.2) is 74.4 Å². The maximum absolute atomic E-state index is 13.7. The molecule has 216 valence electrons. The molecule has 4 rings (SSSR count). The van der Waals surface area contributed by atoms with E-state index in [-0.39, 0.29) is 26.2 Å². The average molecular weight is 600 g/mol. The molecule has 0 radical (unpaired) electrons. The number of alkyl halides is 3. The quantitative estimate of drug-likeness (QED) is 0.305. The number of hydrogen-bond donors (Lipinski definition) is 0. The number of morpholine rings is 1. The third kappa shape index (κ3) is 8.10. The van der Waals surface area contributed by atoms with Crippen molar-refractivity contribution in [2.24, 2.45) is 0 Å². The number of benzene rings is 2. The Balaban J connectivity index is 1.61. The predicted octanol–water partition coefficient (Wildman–Crippen LogP) is 4.46. The molecule has 0 atom stereocenters. The minimum Gasteiger partial charge on any atom is -0.379 e. The van der Waals surface area contributed by atoms with Crippen LogP contribution >= 0.6 is 11.3 Å². The lowest BCUT2D eigenvalue weighted by molar-refractivity contribution is -0.137. The molecule has 1 aliphatic heterocycles. The summed E-state index contributed by atoms with van der Waals surface area (Å²) in [6.45, 7) is 1.98. The highest BCUT2D eigenvalue weighted by Gasteiger charge is 2.34. The topological polar surface area (TPSA) is 70.2 Å². The zero-order valence-electron chi connectivity index (χ0n) is 21.5. The van der Waals surface area contributed by atoms with E-state index in [4.69, 9.17) is 4.74 Å². The summed E-state index contributed by atoms with van der Waals surface area (Å²) in [7, 11) is -4.47. The van der Waals surface area contributed by atoms with E-state index in [9.17, 15) is 30.8 Å². The average Bonchev–Trinajstić information content (AvgIpc) is 3.45. The third-order valence-corrected chi connectivity index (χ3v) is 9.15. The molecule has 3 aromatic rings. The molecule has 1 amide bonds. The lowest BCUT2D eigenvalue weighted by Gasteiger charge is -2.31. The van der Waals surface area contributed by atoms with Gasteiger partial charge in [-0.15, -0.1) is 11.3 Å². The van der Waals surface area contributed by atoms with E-state index in [1.54, 1.807) is 12.1 Å². The number of thiophene rings is 1. The van der Waals surface area contributed by atoms with Gasteiger partial charge in [0.1, 0.15) is 5.82 Å². The lowest BCUT2D eigenvalue weighted by Crippen LogP contribution is -2.47. The molecule has 0 bridgehead atoms. The summed E-state index contributed by atoms with van der Waals surface area (Å²) in [6.07, 6.45) is -4.73. The monoisotopic (exact) mass is 599 g/mol. The normalized spacial score (nSPS) is 14.9. The molecule has 0 unspecified atom stereocenters. The summed E-state index contributed by atoms with van der Waals surface area (Å²) < 4.78 is 87.1. The van der Waals surface area contributed by atoms with Crippen LogP contribution in [0.4, 0.5) is 17.6 Å². The first-order valence-electron chi connectivity index (χ1n) is 12.5. The Morgan fingerprint density at radius 1 is 1.00 bits per heavy atom. The van der Waals surface area contributed by atoms with Gasteiger partial charge in [-0.2, -0.15) is 17.5 Å². The molecule has 40 heavy (non-hydrogen) atoms. The molecule has 7 nitrogen and oxygen atoms in total. The highest BCUT2D eigenvalue weighted by Crippen LogP contribution is 2.31. The van der Waals surface area contributed by atoms with Crippen LogP contribution in [0.15, 0.2) is 70.9 Å². The number of carbonyl (C=O) groups is 1. The number of halogens is 4. The Morgan fingerprint density at radius 3 is 2.38 bits per heavy atom. The third-order valence-electron chi connectivity index (χ3n) is 6.45. The van der Waals surface area contributed by atoms with Crippen molar-refractivity contribution in [3.63, 3.8) is 0 Å². The standard InChI is InChI=1S/C27H29F4N3O4S2/c28-23-8-6-21(7-9-23)18-33(19-24-4-2-16-39-24)26(35)20-34(11-10-32-12-14-38-15-13-32)40(36,37)25-5-1-3-22(17-25)27(29,30)31/h1-9,16-17H,10-15,18-20H2.